The predicted octanol–water partition coefficient (Wildman–Crippen LogP) is 2.13. The number of carbonyl (C=O) groups excluding carboxylic acids is 1. The fourth-order valence-corrected chi connectivity index (χ4v) is 0.554. The number of carbonyl (C=O) groups is 1. The summed E-state index contributed by atoms with van der Waals surface area (Å²) in [6.07, 6.45) is 5.15. The van der Waals surface area contributed by atoms with E-state index in [-0.39, 0.29) is 0 Å². The zero-order valence-corrected chi connectivity index (χ0v) is 7.00. The number of ether oxygens (including phenoxy) is 2. The molecular weight excluding hydrogens is 144 g/mol. The van der Waals surface area contributed by atoms with Crippen LogP contribution in [-0.2, 0) is 9.47 Å². The highest BCUT2D eigenvalue weighted by molar-refractivity contribution is 5.59. The lowest BCUT2D eigenvalue weighted by Crippen LogP contribution is -2.04. The van der Waals surface area contributed by atoms with E-state index in [0.717, 1.165) is 12.8 Å². The fourth-order valence-electron chi connectivity index (χ4n) is 0.554. The number of rotatable bonds is 4. The molecule has 3 nitrogen and oxygen atoms in total. The van der Waals surface area contributed by atoms with E-state index in [2.05, 4.69) is 16.4 Å². The molecule has 0 fully saturated rings. The van der Waals surface area contributed by atoms with Crippen LogP contribution in [0.5, 0.6) is 0 Å². The Morgan fingerprint density at radius 1 is 1.45 bits per heavy atom. The van der Waals surface area contributed by atoms with Gasteiger partial charge >= 0.3 is 6.16 Å². The third kappa shape index (κ3) is 6.90. The molecule has 0 aliphatic carbocycles. The first kappa shape index (κ1) is 10.0. The summed E-state index contributed by atoms with van der Waals surface area (Å²) in [5.41, 5.74) is 0. The van der Waals surface area contributed by atoms with Crippen LogP contribution in [0, 0.1) is 0 Å². The van der Waals surface area contributed by atoms with Crippen LogP contribution in [0.25, 0.3) is 0 Å². The maximum absolute atomic E-state index is 10.4. The van der Waals surface area contributed by atoms with E-state index in [1.54, 1.807) is 0 Å². The van der Waals surface area contributed by atoms with Crippen molar-refractivity contribution < 1.29 is 14.3 Å². The van der Waals surface area contributed by atoms with E-state index in [9.17, 15) is 4.79 Å². The van der Waals surface area contributed by atoms with Crippen molar-refractivity contribution in [2.24, 2.45) is 0 Å². The lowest BCUT2D eigenvalue weighted by molar-refractivity contribution is 0.0741. The minimum absolute atomic E-state index is 0.392. The smallest absolute Gasteiger partial charge is 0.438 e. The summed E-state index contributed by atoms with van der Waals surface area (Å²) in [7, 11) is 1.30. The van der Waals surface area contributed by atoms with Crippen molar-refractivity contribution in [2.75, 3.05) is 13.7 Å². The predicted molar refractivity (Wildman–Crippen MR) is 42.4 cm³/mol. The van der Waals surface area contributed by atoms with Gasteiger partial charge in [-0.25, -0.2) is 4.79 Å². The molecule has 0 rings (SSSR count). The van der Waals surface area contributed by atoms with Crippen molar-refractivity contribution in [3.8, 4) is 0 Å². The van der Waals surface area contributed by atoms with Gasteiger partial charge in [-0.05, 0) is 12.8 Å². The van der Waals surface area contributed by atoms with Gasteiger partial charge in [0.05, 0.1) is 13.7 Å². The second-order valence-corrected chi connectivity index (χ2v) is 1.97. The molecule has 0 aliphatic heterocycles. The van der Waals surface area contributed by atoms with Gasteiger partial charge < -0.3 is 9.47 Å². The molecule has 0 atom stereocenters. The van der Waals surface area contributed by atoms with Crippen molar-refractivity contribution in [3.05, 3.63) is 12.2 Å². The van der Waals surface area contributed by atoms with Crippen molar-refractivity contribution >= 4 is 6.16 Å². The second kappa shape index (κ2) is 7.12. The van der Waals surface area contributed by atoms with Gasteiger partial charge in [-0.2, -0.15) is 0 Å². The number of hydrogen-bond donors (Lipinski definition) is 0. The highest BCUT2D eigenvalue weighted by atomic mass is 16.7. The Morgan fingerprint density at radius 3 is 2.73 bits per heavy atom. The quantitative estimate of drug-likeness (QED) is 0.357. The van der Waals surface area contributed by atoms with Crippen LogP contribution in [0.15, 0.2) is 12.2 Å². The van der Waals surface area contributed by atoms with E-state index in [1.165, 1.54) is 7.11 Å². The summed E-state index contributed by atoms with van der Waals surface area (Å²) in [6.45, 7) is 2.45. The second-order valence-electron chi connectivity index (χ2n) is 1.97. The zero-order chi connectivity index (χ0) is 8.53. The molecule has 0 aromatic rings. The van der Waals surface area contributed by atoms with Crippen molar-refractivity contribution in [3.63, 3.8) is 0 Å². The number of allylic oxidation sites excluding steroid dienone is 1. The molecule has 0 spiro atoms. The maximum Gasteiger partial charge on any atom is 0.507 e. The third-order valence-corrected chi connectivity index (χ3v) is 1.07. The highest BCUT2D eigenvalue weighted by Gasteiger charge is 1.96. The standard InChI is InChI=1S/C8H14O3/c1-3-4-5-6-7-11-8(9)10-2/h4-5H,3,6-7H2,1-2H3/b5-4+. The molecule has 0 saturated heterocycles. The molecule has 0 heterocycles. The Balaban J connectivity index is 3.14. The van der Waals surface area contributed by atoms with Crippen LogP contribution in [0.4, 0.5) is 4.79 Å². The highest BCUT2D eigenvalue weighted by Crippen LogP contribution is 1.89. The van der Waals surface area contributed by atoms with Crippen LogP contribution in [0.2, 0.25) is 0 Å². The largest absolute Gasteiger partial charge is 0.507 e. The molecule has 64 valence electrons. The van der Waals surface area contributed by atoms with Gasteiger partial charge in [0.1, 0.15) is 0 Å². The van der Waals surface area contributed by atoms with Crippen LogP contribution in [0.3, 0.4) is 0 Å². The topological polar surface area (TPSA) is 35.5 Å². The lowest BCUT2D eigenvalue weighted by atomic mass is 10.3. The van der Waals surface area contributed by atoms with Crippen LogP contribution in [0.1, 0.15) is 19.8 Å². The van der Waals surface area contributed by atoms with Crippen molar-refractivity contribution in [1.82, 2.24) is 0 Å². The Kier molecular flexibility index (Phi) is 6.48. The van der Waals surface area contributed by atoms with E-state index in [1.807, 2.05) is 12.2 Å². The summed E-state index contributed by atoms with van der Waals surface area (Å²) in [4.78, 5) is 10.4. The van der Waals surface area contributed by atoms with Gasteiger partial charge in [-0.15, -0.1) is 0 Å². The summed E-state index contributed by atoms with van der Waals surface area (Å²) >= 11 is 0. The molecule has 0 bridgehead atoms. The summed E-state index contributed by atoms with van der Waals surface area (Å²) < 4.78 is 8.90. The van der Waals surface area contributed by atoms with Crippen LogP contribution >= 0.6 is 0 Å². The number of hydrogen-bond acceptors (Lipinski definition) is 3. The molecule has 3 heteroatoms. The molecule has 0 radical (unpaired) electrons. The normalized spacial score (nSPS) is 10.0. The van der Waals surface area contributed by atoms with E-state index >= 15 is 0 Å². The SMILES string of the molecule is CC/C=C/CCOC(=O)OC. The fraction of sp³-hybridized carbons (Fsp3) is 0.625. The lowest BCUT2D eigenvalue weighted by Gasteiger charge is -1.98. The average molecular weight is 158 g/mol. The molecule has 11 heavy (non-hydrogen) atoms. The van der Waals surface area contributed by atoms with Gasteiger partial charge in [-0.3, -0.25) is 0 Å². The van der Waals surface area contributed by atoms with E-state index < -0.39 is 6.16 Å². The van der Waals surface area contributed by atoms with Crippen LogP contribution in [-0.4, -0.2) is 19.9 Å². The Bertz CT molecular complexity index is 129. The minimum Gasteiger partial charge on any atom is -0.438 e. The Labute approximate surface area is 67.0 Å². The summed E-state index contributed by atoms with van der Waals surface area (Å²) in [5, 5.41) is 0. The van der Waals surface area contributed by atoms with Gasteiger partial charge in [0.2, 0.25) is 0 Å². The molecule has 0 aromatic carbocycles. The summed E-state index contributed by atoms with van der Waals surface area (Å²) in [5.74, 6) is 0. The molecule has 0 saturated carbocycles. The maximum atomic E-state index is 10.4. The molecule has 0 amide bonds. The molecule has 0 unspecified atom stereocenters. The average Bonchev–Trinajstić information content (AvgIpc) is 2.04. The Morgan fingerprint density at radius 2 is 2.18 bits per heavy atom. The monoisotopic (exact) mass is 158 g/mol. The Hall–Kier alpha value is -0.990. The molecular formula is C8H14O3. The number of methoxy groups -OCH3 is 1. The molecule has 0 aromatic heterocycles. The first-order valence-corrected chi connectivity index (χ1v) is 3.67. The zero-order valence-electron chi connectivity index (χ0n) is 7.00. The van der Waals surface area contributed by atoms with Gasteiger partial charge in [0.15, 0.2) is 0 Å². The molecule has 0 aliphatic rings. The van der Waals surface area contributed by atoms with Crippen LogP contribution < -0.4 is 0 Å². The first-order valence-electron chi connectivity index (χ1n) is 3.67. The van der Waals surface area contributed by atoms with E-state index in [0.29, 0.717) is 6.61 Å². The summed E-state index contributed by atoms with van der Waals surface area (Å²) in [6, 6.07) is 0. The van der Waals surface area contributed by atoms with E-state index in [4.69, 9.17) is 0 Å². The molecule has 0 N–H and O–H groups in total. The van der Waals surface area contributed by atoms with Crippen molar-refractivity contribution in [1.29, 1.82) is 0 Å². The van der Waals surface area contributed by atoms with Crippen molar-refractivity contribution in [2.45, 2.75) is 19.8 Å². The minimum atomic E-state index is -0.616. The van der Waals surface area contributed by atoms with Gasteiger partial charge in [0.25, 0.3) is 0 Å². The van der Waals surface area contributed by atoms with Gasteiger partial charge in [-0.1, -0.05) is 19.1 Å². The third-order valence-electron chi connectivity index (χ3n) is 1.07. The van der Waals surface area contributed by atoms with Gasteiger partial charge in [0, 0.05) is 0 Å². The first-order chi connectivity index (χ1) is 5.31.